The first-order chi connectivity index (χ1) is 12.6. The van der Waals surface area contributed by atoms with Gasteiger partial charge < -0.3 is 10.1 Å². The van der Waals surface area contributed by atoms with Crippen LogP contribution >= 0.6 is 11.3 Å². The lowest BCUT2D eigenvalue weighted by atomic mass is 10.1. The second-order valence-electron chi connectivity index (χ2n) is 5.82. The highest BCUT2D eigenvalue weighted by atomic mass is 32.1. The second-order valence-corrected chi connectivity index (χ2v) is 6.92. The predicted octanol–water partition coefficient (Wildman–Crippen LogP) is 3.96. The van der Waals surface area contributed by atoms with Gasteiger partial charge in [0.15, 0.2) is 0 Å². The third-order valence-electron chi connectivity index (χ3n) is 4.10. The molecule has 0 spiro atoms. The lowest BCUT2D eigenvalue weighted by molar-refractivity contribution is -0.112. The number of aryl methyl sites for hydroxylation is 1. The zero-order valence-corrected chi connectivity index (χ0v) is 15.2. The largest absolute Gasteiger partial charge is 0.462 e. The number of rotatable bonds is 5. The SMILES string of the molecule is CCOC(=O)c1c(NC(=O)C(C#N)=Cc2ccccc2)sc2c1CCC2. The quantitative estimate of drug-likeness (QED) is 0.493. The highest BCUT2D eigenvalue weighted by Crippen LogP contribution is 2.39. The third kappa shape index (κ3) is 3.68. The van der Waals surface area contributed by atoms with E-state index < -0.39 is 11.9 Å². The van der Waals surface area contributed by atoms with Crippen molar-refractivity contribution in [2.24, 2.45) is 0 Å². The lowest BCUT2D eigenvalue weighted by Gasteiger charge is -2.07. The molecule has 1 amide bonds. The minimum atomic E-state index is -0.526. The van der Waals surface area contributed by atoms with Gasteiger partial charge in [0, 0.05) is 4.88 Å². The number of thiophene rings is 1. The van der Waals surface area contributed by atoms with Crippen LogP contribution in [-0.2, 0) is 22.4 Å². The van der Waals surface area contributed by atoms with E-state index in [-0.39, 0.29) is 12.2 Å². The number of amides is 1. The zero-order valence-electron chi connectivity index (χ0n) is 14.4. The Morgan fingerprint density at radius 3 is 2.77 bits per heavy atom. The van der Waals surface area contributed by atoms with Gasteiger partial charge in [0.2, 0.25) is 0 Å². The maximum atomic E-state index is 12.6. The molecule has 3 rings (SSSR count). The molecule has 0 fully saturated rings. The van der Waals surface area contributed by atoms with E-state index in [1.165, 1.54) is 17.4 Å². The molecule has 0 saturated heterocycles. The van der Waals surface area contributed by atoms with Crippen LogP contribution in [0.4, 0.5) is 5.00 Å². The van der Waals surface area contributed by atoms with E-state index >= 15 is 0 Å². The maximum Gasteiger partial charge on any atom is 0.341 e. The number of benzene rings is 1. The number of anilines is 1. The summed E-state index contributed by atoms with van der Waals surface area (Å²) in [4.78, 5) is 26.0. The van der Waals surface area contributed by atoms with Crippen molar-refractivity contribution in [3.8, 4) is 6.07 Å². The van der Waals surface area contributed by atoms with E-state index in [1.807, 2.05) is 36.4 Å². The molecule has 5 nitrogen and oxygen atoms in total. The van der Waals surface area contributed by atoms with Crippen LogP contribution in [-0.4, -0.2) is 18.5 Å². The van der Waals surface area contributed by atoms with E-state index in [9.17, 15) is 14.9 Å². The third-order valence-corrected chi connectivity index (χ3v) is 5.31. The van der Waals surface area contributed by atoms with E-state index in [0.29, 0.717) is 10.6 Å². The molecule has 132 valence electrons. The predicted molar refractivity (Wildman–Crippen MR) is 101 cm³/mol. The van der Waals surface area contributed by atoms with E-state index in [1.54, 1.807) is 6.92 Å². The Labute approximate surface area is 155 Å². The van der Waals surface area contributed by atoms with Crippen LogP contribution in [0.5, 0.6) is 0 Å². The highest BCUT2D eigenvalue weighted by Gasteiger charge is 2.28. The van der Waals surface area contributed by atoms with E-state index in [2.05, 4.69) is 5.32 Å². The molecule has 0 unspecified atom stereocenters. The van der Waals surface area contributed by atoms with Crippen molar-refractivity contribution in [3.63, 3.8) is 0 Å². The summed E-state index contributed by atoms with van der Waals surface area (Å²) in [5.41, 5.74) is 2.15. The summed E-state index contributed by atoms with van der Waals surface area (Å²) in [7, 11) is 0. The van der Waals surface area contributed by atoms with E-state index in [0.717, 1.165) is 35.3 Å². The van der Waals surface area contributed by atoms with Crippen LogP contribution in [0.2, 0.25) is 0 Å². The van der Waals surface area contributed by atoms with E-state index in [4.69, 9.17) is 4.74 Å². The fraction of sp³-hybridized carbons (Fsp3) is 0.250. The molecule has 0 aliphatic heterocycles. The van der Waals surface area contributed by atoms with Crippen molar-refractivity contribution < 1.29 is 14.3 Å². The van der Waals surface area contributed by atoms with Crippen LogP contribution < -0.4 is 5.32 Å². The van der Waals surface area contributed by atoms with Gasteiger partial charge >= 0.3 is 5.97 Å². The number of nitriles is 1. The maximum absolute atomic E-state index is 12.6. The van der Waals surface area contributed by atoms with Gasteiger partial charge in [-0.3, -0.25) is 4.79 Å². The molecule has 1 heterocycles. The van der Waals surface area contributed by atoms with Crippen LogP contribution in [0, 0.1) is 11.3 Å². The van der Waals surface area contributed by atoms with Gasteiger partial charge in [0.05, 0.1) is 12.2 Å². The first-order valence-corrected chi connectivity index (χ1v) is 9.25. The van der Waals surface area contributed by atoms with Crippen molar-refractivity contribution in [2.75, 3.05) is 11.9 Å². The summed E-state index contributed by atoms with van der Waals surface area (Å²) in [6, 6.07) is 11.1. The highest BCUT2D eigenvalue weighted by molar-refractivity contribution is 7.17. The topological polar surface area (TPSA) is 79.2 Å². The Morgan fingerprint density at radius 2 is 2.08 bits per heavy atom. The molecule has 1 N–H and O–H groups in total. The van der Waals surface area contributed by atoms with Gasteiger partial charge in [-0.2, -0.15) is 5.26 Å². The summed E-state index contributed by atoms with van der Waals surface area (Å²) in [5, 5.41) is 12.6. The van der Waals surface area contributed by atoms with Crippen molar-refractivity contribution in [2.45, 2.75) is 26.2 Å². The molecule has 0 saturated carbocycles. The molecule has 2 aromatic rings. The fourth-order valence-corrected chi connectivity index (χ4v) is 4.22. The van der Waals surface area contributed by atoms with Crippen LogP contribution in [0.1, 0.15) is 39.7 Å². The van der Waals surface area contributed by atoms with Crippen LogP contribution in [0.25, 0.3) is 6.08 Å². The normalized spacial score (nSPS) is 13.0. The molecule has 1 aromatic heterocycles. The molecule has 1 aromatic carbocycles. The Hall–Kier alpha value is -2.91. The number of hydrogen-bond acceptors (Lipinski definition) is 5. The summed E-state index contributed by atoms with van der Waals surface area (Å²) in [6.07, 6.45) is 4.23. The summed E-state index contributed by atoms with van der Waals surface area (Å²) < 4.78 is 5.15. The van der Waals surface area contributed by atoms with Crippen molar-refractivity contribution in [3.05, 3.63) is 57.5 Å². The molecular weight excluding hydrogens is 348 g/mol. The van der Waals surface area contributed by atoms with Gasteiger partial charge in [-0.1, -0.05) is 30.3 Å². The summed E-state index contributed by atoms with van der Waals surface area (Å²) in [6.45, 7) is 2.02. The molecular formula is C20H18N2O3S. The van der Waals surface area contributed by atoms with Crippen molar-refractivity contribution >= 4 is 34.3 Å². The Morgan fingerprint density at radius 1 is 1.31 bits per heavy atom. The summed E-state index contributed by atoms with van der Waals surface area (Å²) >= 11 is 1.40. The Kier molecular flexibility index (Phi) is 5.49. The van der Waals surface area contributed by atoms with Gasteiger partial charge in [-0.15, -0.1) is 11.3 Å². The number of nitrogens with zero attached hydrogens (tertiary/aromatic N) is 1. The molecule has 0 bridgehead atoms. The van der Waals surface area contributed by atoms with Crippen LogP contribution in [0.3, 0.4) is 0 Å². The van der Waals surface area contributed by atoms with Crippen LogP contribution in [0.15, 0.2) is 35.9 Å². The van der Waals surface area contributed by atoms with Gasteiger partial charge in [0.1, 0.15) is 16.6 Å². The molecule has 0 atom stereocenters. The molecule has 0 radical (unpaired) electrons. The minimum Gasteiger partial charge on any atom is -0.462 e. The average Bonchev–Trinajstić information content (AvgIpc) is 3.21. The fourth-order valence-electron chi connectivity index (χ4n) is 2.95. The Bertz CT molecular complexity index is 907. The number of nitrogens with one attached hydrogen (secondary N) is 1. The van der Waals surface area contributed by atoms with Crippen molar-refractivity contribution in [1.82, 2.24) is 0 Å². The average molecular weight is 366 g/mol. The number of ether oxygens (including phenoxy) is 1. The van der Waals surface area contributed by atoms with Gasteiger partial charge in [-0.05, 0) is 43.4 Å². The summed E-state index contributed by atoms with van der Waals surface area (Å²) in [5.74, 6) is -0.949. The number of esters is 1. The van der Waals surface area contributed by atoms with Gasteiger partial charge in [0.25, 0.3) is 5.91 Å². The number of hydrogen-bond donors (Lipinski definition) is 1. The number of carbonyl (C=O) groups is 2. The number of fused-ring (bicyclic) bond motifs is 1. The molecule has 26 heavy (non-hydrogen) atoms. The lowest BCUT2D eigenvalue weighted by Crippen LogP contribution is -2.16. The minimum absolute atomic E-state index is 0.0143. The van der Waals surface area contributed by atoms with Gasteiger partial charge in [-0.25, -0.2) is 4.79 Å². The molecule has 6 heteroatoms. The molecule has 1 aliphatic rings. The molecule has 1 aliphatic carbocycles. The standard InChI is InChI=1S/C20H18N2O3S/c1-2-25-20(24)17-15-9-6-10-16(15)26-19(17)22-18(23)14(12-21)11-13-7-4-3-5-8-13/h3-5,7-8,11H,2,6,9-10H2,1H3,(H,22,23). The zero-order chi connectivity index (χ0) is 18.5. The monoisotopic (exact) mass is 366 g/mol. The first kappa shape index (κ1) is 17.9. The first-order valence-electron chi connectivity index (χ1n) is 8.44. The second kappa shape index (κ2) is 7.98. The Balaban J connectivity index is 1.89. The number of carbonyl (C=O) groups excluding carboxylic acids is 2. The smallest absolute Gasteiger partial charge is 0.341 e. The van der Waals surface area contributed by atoms with Crippen molar-refractivity contribution in [1.29, 1.82) is 5.26 Å².